The van der Waals surface area contributed by atoms with Crippen molar-refractivity contribution in [1.29, 1.82) is 0 Å². The fraction of sp³-hybridized carbons (Fsp3) is 0.417. The van der Waals surface area contributed by atoms with Crippen molar-refractivity contribution in [2.24, 2.45) is 10.9 Å². The molecule has 4 nitrogen and oxygen atoms in total. The van der Waals surface area contributed by atoms with Crippen LogP contribution >= 0.6 is 0 Å². The number of amidine groups is 1. The Morgan fingerprint density at radius 1 is 1.50 bits per heavy atom. The first-order valence-corrected chi connectivity index (χ1v) is 5.46. The molecule has 2 rings (SSSR count). The van der Waals surface area contributed by atoms with Gasteiger partial charge in [-0.25, -0.2) is 0 Å². The van der Waals surface area contributed by atoms with Gasteiger partial charge < -0.3 is 15.7 Å². The van der Waals surface area contributed by atoms with E-state index in [1.54, 1.807) is 6.07 Å². The van der Waals surface area contributed by atoms with Gasteiger partial charge >= 0.3 is 0 Å². The molecule has 0 unspecified atom stereocenters. The summed E-state index contributed by atoms with van der Waals surface area (Å²) in [6, 6.07) is 5.54. The number of aryl methyl sites for hydroxylation is 1. The summed E-state index contributed by atoms with van der Waals surface area (Å²) in [6.07, 6.45) is 3.91. The zero-order valence-electron chi connectivity index (χ0n) is 9.31. The first-order valence-electron chi connectivity index (χ1n) is 5.46. The minimum absolute atomic E-state index is 0.123. The third-order valence-electron chi connectivity index (χ3n) is 2.92. The molecule has 86 valence electrons. The Bertz CT molecular complexity index is 411. The van der Waals surface area contributed by atoms with Crippen LogP contribution in [-0.2, 0) is 0 Å². The second kappa shape index (κ2) is 4.43. The van der Waals surface area contributed by atoms with E-state index in [1.807, 2.05) is 19.1 Å². The highest BCUT2D eigenvalue weighted by Gasteiger charge is 2.19. The molecule has 1 aromatic rings. The van der Waals surface area contributed by atoms with Gasteiger partial charge in [-0.05, 0) is 49.9 Å². The summed E-state index contributed by atoms with van der Waals surface area (Å²) >= 11 is 0. The summed E-state index contributed by atoms with van der Waals surface area (Å²) in [6.45, 7) is 1.96. The third-order valence-corrected chi connectivity index (χ3v) is 2.92. The van der Waals surface area contributed by atoms with Crippen molar-refractivity contribution >= 4 is 5.84 Å². The molecule has 0 aliphatic heterocycles. The predicted molar refractivity (Wildman–Crippen MR) is 62.0 cm³/mol. The Labute approximate surface area is 94.7 Å². The summed E-state index contributed by atoms with van der Waals surface area (Å²) in [5.74, 6) is 1.01. The van der Waals surface area contributed by atoms with Gasteiger partial charge in [0.25, 0.3) is 0 Å². The highest BCUT2D eigenvalue weighted by atomic mass is 16.5. The van der Waals surface area contributed by atoms with Crippen molar-refractivity contribution in [3.05, 3.63) is 29.3 Å². The Hall–Kier alpha value is -1.71. The fourth-order valence-electron chi connectivity index (χ4n) is 1.67. The van der Waals surface area contributed by atoms with Crippen LogP contribution in [0.2, 0.25) is 0 Å². The lowest BCUT2D eigenvalue weighted by molar-refractivity contribution is 0.119. The maximum Gasteiger partial charge on any atom is 0.170 e. The Morgan fingerprint density at radius 3 is 2.75 bits per heavy atom. The smallest absolute Gasteiger partial charge is 0.170 e. The molecule has 1 aliphatic carbocycles. The Kier molecular flexibility index (Phi) is 2.99. The first-order chi connectivity index (χ1) is 7.70. The Morgan fingerprint density at radius 2 is 2.25 bits per heavy atom. The molecule has 0 aromatic heterocycles. The molecule has 0 radical (unpaired) electrons. The van der Waals surface area contributed by atoms with E-state index >= 15 is 0 Å². The van der Waals surface area contributed by atoms with Crippen molar-refractivity contribution in [2.75, 3.05) is 0 Å². The molecular formula is C12H16N2O2. The van der Waals surface area contributed by atoms with Gasteiger partial charge in [-0.1, -0.05) is 5.16 Å². The summed E-state index contributed by atoms with van der Waals surface area (Å²) in [5.41, 5.74) is 7.23. The van der Waals surface area contributed by atoms with Crippen LogP contribution in [-0.4, -0.2) is 17.1 Å². The number of oxime groups is 1. The molecule has 0 bridgehead atoms. The van der Waals surface area contributed by atoms with Gasteiger partial charge in [-0.15, -0.1) is 0 Å². The van der Waals surface area contributed by atoms with E-state index in [-0.39, 0.29) is 5.84 Å². The normalized spacial score (nSPS) is 16.9. The number of nitrogens with zero attached hydrogens (tertiary/aromatic N) is 1. The van der Waals surface area contributed by atoms with E-state index in [1.165, 1.54) is 6.42 Å². The van der Waals surface area contributed by atoms with Crippen molar-refractivity contribution < 1.29 is 9.94 Å². The molecule has 0 spiro atoms. The molecule has 1 fully saturated rings. The van der Waals surface area contributed by atoms with Gasteiger partial charge in [-0.3, -0.25) is 0 Å². The van der Waals surface area contributed by atoms with Gasteiger partial charge in [0.1, 0.15) is 5.75 Å². The van der Waals surface area contributed by atoms with E-state index in [0.29, 0.717) is 11.7 Å². The standard InChI is InChI=1S/C12H16N2O2/c1-8-7-9(12(13)14-15)5-6-11(8)16-10-3-2-4-10/h5-7,10,15H,2-4H2,1H3,(H2,13,14). The van der Waals surface area contributed by atoms with Crippen LogP contribution in [0.1, 0.15) is 30.4 Å². The molecule has 0 heterocycles. The molecule has 0 saturated heterocycles. The average molecular weight is 220 g/mol. The monoisotopic (exact) mass is 220 g/mol. The zero-order valence-corrected chi connectivity index (χ0v) is 9.31. The summed E-state index contributed by atoms with van der Waals surface area (Å²) in [5, 5.41) is 11.5. The van der Waals surface area contributed by atoms with Crippen molar-refractivity contribution in [3.8, 4) is 5.75 Å². The van der Waals surface area contributed by atoms with Crippen LogP contribution in [0, 0.1) is 6.92 Å². The second-order valence-electron chi connectivity index (χ2n) is 4.14. The van der Waals surface area contributed by atoms with E-state index in [4.69, 9.17) is 15.7 Å². The van der Waals surface area contributed by atoms with Gasteiger partial charge in [0, 0.05) is 5.56 Å². The fourth-order valence-corrected chi connectivity index (χ4v) is 1.67. The van der Waals surface area contributed by atoms with Gasteiger partial charge in [-0.2, -0.15) is 0 Å². The lowest BCUT2D eigenvalue weighted by Gasteiger charge is -2.27. The van der Waals surface area contributed by atoms with Crippen LogP contribution in [0.15, 0.2) is 23.4 Å². The molecule has 0 atom stereocenters. The van der Waals surface area contributed by atoms with Crippen LogP contribution < -0.4 is 10.5 Å². The third kappa shape index (κ3) is 2.10. The van der Waals surface area contributed by atoms with E-state index in [9.17, 15) is 0 Å². The summed E-state index contributed by atoms with van der Waals surface area (Å²) in [7, 11) is 0. The van der Waals surface area contributed by atoms with Gasteiger partial charge in [0.15, 0.2) is 5.84 Å². The molecule has 3 N–H and O–H groups in total. The van der Waals surface area contributed by atoms with Crippen molar-refractivity contribution in [1.82, 2.24) is 0 Å². The number of rotatable bonds is 3. The lowest BCUT2D eigenvalue weighted by Crippen LogP contribution is -2.25. The van der Waals surface area contributed by atoms with Crippen molar-refractivity contribution in [2.45, 2.75) is 32.3 Å². The quantitative estimate of drug-likeness (QED) is 0.354. The highest BCUT2D eigenvalue weighted by molar-refractivity contribution is 5.97. The van der Waals surface area contributed by atoms with Crippen LogP contribution in [0.5, 0.6) is 5.75 Å². The maximum atomic E-state index is 8.57. The first kappa shape index (κ1) is 10.8. The minimum Gasteiger partial charge on any atom is -0.490 e. The maximum absolute atomic E-state index is 8.57. The van der Waals surface area contributed by atoms with Crippen LogP contribution in [0.3, 0.4) is 0 Å². The number of ether oxygens (including phenoxy) is 1. The zero-order chi connectivity index (χ0) is 11.5. The van der Waals surface area contributed by atoms with Gasteiger partial charge in [0.2, 0.25) is 0 Å². The molecular weight excluding hydrogens is 204 g/mol. The lowest BCUT2D eigenvalue weighted by atomic mass is 9.96. The number of benzene rings is 1. The van der Waals surface area contributed by atoms with E-state index < -0.39 is 0 Å². The SMILES string of the molecule is Cc1cc(C(N)=NO)ccc1OC1CCC1. The minimum atomic E-state index is 0.123. The molecule has 1 aliphatic rings. The van der Waals surface area contributed by atoms with Crippen molar-refractivity contribution in [3.63, 3.8) is 0 Å². The molecule has 0 amide bonds. The number of hydrogen-bond donors (Lipinski definition) is 2. The topological polar surface area (TPSA) is 67.8 Å². The number of nitrogens with two attached hydrogens (primary N) is 1. The second-order valence-corrected chi connectivity index (χ2v) is 4.14. The molecule has 1 saturated carbocycles. The van der Waals surface area contributed by atoms with Gasteiger partial charge in [0.05, 0.1) is 6.10 Å². The Balaban J connectivity index is 2.15. The van der Waals surface area contributed by atoms with Crippen LogP contribution in [0.25, 0.3) is 0 Å². The highest BCUT2D eigenvalue weighted by Crippen LogP contribution is 2.27. The average Bonchev–Trinajstić information content (AvgIpc) is 2.23. The summed E-state index contributed by atoms with van der Waals surface area (Å²) < 4.78 is 5.81. The molecule has 16 heavy (non-hydrogen) atoms. The molecule has 4 heteroatoms. The summed E-state index contributed by atoms with van der Waals surface area (Å²) in [4.78, 5) is 0. The number of hydrogen-bond acceptors (Lipinski definition) is 3. The van der Waals surface area contributed by atoms with E-state index in [0.717, 1.165) is 24.2 Å². The van der Waals surface area contributed by atoms with E-state index in [2.05, 4.69) is 5.16 Å². The largest absolute Gasteiger partial charge is 0.490 e. The van der Waals surface area contributed by atoms with Crippen LogP contribution in [0.4, 0.5) is 0 Å². The predicted octanol–water partition coefficient (Wildman–Crippen LogP) is 2.02. The molecule has 1 aromatic carbocycles.